The van der Waals surface area contributed by atoms with E-state index in [0.717, 1.165) is 18.1 Å². The van der Waals surface area contributed by atoms with Crippen molar-refractivity contribution in [2.75, 3.05) is 19.8 Å². The van der Waals surface area contributed by atoms with Gasteiger partial charge in [-0.3, -0.25) is 0 Å². The number of rotatable bonds is 9. The topological polar surface area (TPSA) is 45.5 Å². The molecule has 0 unspecified atom stereocenters. The normalized spacial score (nSPS) is 12.1. The largest absolute Gasteiger partial charge is 0.508 e. The van der Waals surface area contributed by atoms with Crippen LogP contribution < -0.4 is 0 Å². The molecule has 0 fully saturated rings. The number of hydrogen-bond acceptors (Lipinski definition) is 4. The zero-order valence-corrected chi connectivity index (χ0v) is 13.7. The van der Waals surface area contributed by atoms with Gasteiger partial charge < -0.3 is 17.8 Å². The van der Waals surface area contributed by atoms with Crippen LogP contribution in [0.4, 0.5) is 0 Å². The molecule has 0 saturated heterocycles. The van der Waals surface area contributed by atoms with Gasteiger partial charge in [-0.05, 0) is 34.6 Å². The van der Waals surface area contributed by atoms with Crippen molar-refractivity contribution in [3.63, 3.8) is 0 Å². The average molecular weight is 286 g/mol. The predicted octanol–water partition coefficient (Wildman–Crippen LogP) is 2.34. The second-order valence-electron chi connectivity index (χ2n) is 4.24. The molecule has 0 N–H and O–H groups in total. The SMILES string of the molecule is CCO[Si](Cc1nc(C)cn1CC)(OCC)OCC. The zero-order valence-electron chi connectivity index (χ0n) is 12.7. The Morgan fingerprint density at radius 2 is 1.58 bits per heavy atom. The lowest BCUT2D eigenvalue weighted by atomic mass is 10.6. The molecule has 110 valence electrons. The van der Waals surface area contributed by atoms with Crippen LogP contribution in [0.5, 0.6) is 0 Å². The first kappa shape index (κ1) is 16.4. The molecule has 6 heteroatoms. The van der Waals surface area contributed by atoms with Crippen molar-refractivity contribution in [1.82, 2.24) is 9.55 Å². The summed E-state index contributed by atoms with van der Waals surface area (Å²) in [4.78, 5) is 4.57. The summed E-state index contributed by atoms with van der Waals surface area (Å²) in [7, 11) is -2.65. The van der Waals surface area contributed by atoms with Crippen LogP contribution in [-0.2, 0) is 25.9 Å². The van der Waals surface area contributed by atoms with E-state index in [0.29, 0.717) is 25.9 Å². The van der Waals surface area contributed by atoms with Crippen molar-refractivity contribution < 1.29 is 13.3 Å². The molecule has 19 heavy (non-hydrogen) atoms. The van der Waals surface area contributed by atoms with Crippen molar-refractivity contribution in [3.8, 4) is 0 Å². The Hall–Kier alpha value is -0.693. The highest BCUT2D eigenvalue weighted by Gasteiger charge is 2.42. The Labute approximate surface area is 117 Å². The monoisotopic (exact) mass is 286 g/mol. The number of hydrogen-bond donors (Lipinski definition) is 0. The summed E-state index contributed by atoms with van der Waals surface area (Å²) in [5.41, 5.74) is 1.02. The molecule has 0 aliphatic carbocycles. The van der Waals surface area contributed by atoms with Crippen molar-refractivity contribution >= 4 is 8.80 Å². The minimum Gasteiger partial charge on any atom is -0.373 e. The van der Waals surface area contributed by atoms with Crippen molar-refractivity contribution in [2.24, 2.45) is 0 Å². The summed E-state index contributed by atoms with van der Waals surface area (Å²) < 4.78 is 19.7. The second kappa shape index (κ2) is 7.79. The van der Waals surface area contributed by atoms with Gasteiger partial charge >= 0.3 is 8.80 Å². The Morgan fingerprint density at radius 3 is 2.00 bits per heavy atom. The van der Waals surface area contributed by atoms with Gasteiger partial charge in [0, 0.05) is 32.6 Å². The van der Waals surface area contributed by atoms with Crippen LogP contribution in [0.3, 0.4) is 0 Å². The first-order chi connectivity index (χ1) is 9.10. The standard InChI is InChI=1S/C13H26N2O3Si/c1-6-15-10-12(5)14-13(15)11-19(16-7-2,17-8-3)18-9-4/h10H,6-9,11H2,1-5H3. The van der Waals surface area contributed by atoms with Gasteiger partial charge in [-0.25, -0.2) is 4.98 Å². The minimum atomic E-state index is -2.65. The fraction of sp³-hybridized carbons (Fsp3) is 0.769. The molecule has 0 bridgehead atoms. The molecular weight excluding hydrogens is 260 g/mol. The van der Waals surface area contributed by atoms with Crippen LogP contribution in [0.2, 0.25) is 0 Å². The summed E-state index contributed by atoms with van der Waals surface area (Å²) >= 11 is 0. The zero-order chi connectivity index (χ0) is 14.3. The van der Waals surface area contributed by atoms with E-state index in [1.54, 1.807) is 0 Å². The first-order valence-corrected chi connectivity index (χ1v) is 8.98. The van der Waals surface area contributed by atoms with Gasteiger partial charge in [-0.2, -0.15) is 0 Å². The van der Waals surface area contributed by atoms with Crippen LogP contribution >= 0.6 is 0 Å². The average Bonchev–Trinajstić information content (AvgIpc) is 2.70. The van der Waals surface area contributed by atoms with Gasteiger partial charge in [0.2, 0.25) is 0 Å². The quantitative estimate of drug-likeness (QED) is 0.654. The number of aryl methyl sites for hydroxylation is 2. The molecule has 0 aliphatic heterocycles. The van der Waals surface area contributed by atoms with Crippen LogP contribution in [0.25, 0.3) is 0 Å². The predicted molar refractivity (Wildman–Crippen MR) is 77.0 cm³/mol. The third kappa shape index (κ3) is 4.41. The smallest absolute Gasteiger partial charge is 0.373 e. The number of aromatic nitrogens is 2. The van der Waals surface area contributed by atoms with E-state index in [1.807, 2.05) is 27.7 Å². The van der Waals surface area contributed by atoms with E-state index in [-0.39, 0.29) is 0 Å². The Bertz CT molecular complexity index is 365. The van der Waals surface area contributed by atoms with Crippen molar-refractivity contribution in [1.29, 1.82) is 0 Å². The highest BCUT2D eigenvalue weighted by molar-refractivity contribution is 6.60. The van der Waals surface area contributed by atoms with Crippen LogP contribution in [0.1, 0.15) is 39.2 Å². The van der Waals surface area contributed by atoms with E-state index in [1.165, 1.54) is 0 Å². The summed E-state index contributed by atoms with van der Waals surface area (Å²) in [6.45, 7) is 12.7. The maximum atomic E-state index is 5.86. The fourth-order valence-electron chi connectivity index (χ4n) is 2.14. The molecule has 0 amide bonds. The lowest BCUT2D eigenvalue weighted by molar-refractivity contribution is 0.0696. The first-order valence-electron chi connectivity index (χ1n) is 7.05. The summed E-state index contributed by atoms with van der Waals surface area (Å²) in [5, 5.41) is 0. The number of imidazole rings is 1. The Morgan fingerprint density at radius 1 is 1.05 bits per heavy atom. The summed E-state index contributed by atoms with van der Waals surface area (Å²) in [6, 6.07) is 0.629. The molecule has 0 atom stereocenters. The minimum absolute atomic E-state index is 0.595. The molecule has 1 aromatic heterocycles. The van der Waals surface area contributed by atoms with Gasteiger partial charge in [0.25, 0.3) is 0 Å². The fourth-order valence-corrected chi connectivity index (χ4v) is 4.69. The molecule has 1 aromatic rings. The van der Waals surface area contributed by atoms with E-state index in [9.17, 15) is 0 Å². The summed E-state index contributed by atoms with van der Waals surface area (Å²) in [5.74, 6) is 0.988. The molecule has 0 aromatic carbocycles. The van der Waals surface area contributed by atoms with Crippen LogP contribution in [0, 0.1) is 6.92 Å². The maximum Gasteiger partial charge on any atom is 0.508 e. The molecule has 5 nitrogen and oxygen atoms in total. The number of nitrogens with zero attached hydrogens (tertiary/aromatic N) is 2. The summed E-state index contributed by atoms with van der Waals surface area (Å²) in [6.07, 6.45) is 2.05. The second-order valence-corrected chi connectivity index (χ2v) is 6.83. The van der Waals surface area contributed by atoms with Crippen LogP contribution in [-0.4, -0.2) is 38.2 Å². The Kier molecular flexibility index (Phi) is 6.71. The van der Waals surface area contributed by atoms with E-state index in [4.69, 9.17) is 13.3 Å². The molecule has 0 spiro atoms. The van der Waals surface area contributed by atoms with Gasteiger partial charge in [0.1, 0.15) is 5.82 Å². The van der Waals surface area contributed by atoms with Gasteiger partial charge in [-0.15, -0.1) is 0 Å². The molecular formula is C13H26N2O3Si. The molecule has 0 radical (unpaired) electrons. The lowest BCUT2D eigenvalue weighted by Crippen LogP contribution is -2.49. The third-order valence-corrected chi connectivity index (χ3v) is 5.72. The lowest BCUT2D eigenvalue weighted by Gasteiger charge is -2.28. The van der Waals surface area contributed by atoms with E-state index >= 15 is 0 Å². The van der Waals surface area contributed by atoms with E-state index in [2.05, 4.69) is 22.7 Å². The molecule has 0 saturated carbocycles. The Balaban J connectivity index is 2.96. The van der Waals surface area contributed by atoms with E-state index < -0.39 is 8.80 Å². The van der Waals surface area contributed by atoms with Gasteiger partial charge in [0.05, 0.1) is 11.7 Å². The highest BCUT2D eigenvalue weighted by atomic mass is 28.4. The van der Waals surface area contributed by atoms with Gasteiger partial charge in [-0.1, -0.05) is 0 Å². The van der Waals surface area contributed by atoms with Crippen molar-refractivity contribution in [2.45, 2.75) is 47.2 Å². The molecule has 0 aliphatic rings. The van der Waals surface area contributed by atoms with Crippen LogP contribution in [0.15, 0.2) is 6.20 Å². The molecule has 1 heterocycles. The molecule has 1 rings (SSSR count). The maximum absolute atomic E-state index is 5.86. The van der Waals surface area contributed by atoms with Crippen molar-refractivity contribution in [3.05, 3.63) is 17.7 Å². The third-order valence-electron chi connectivity index (χ3n) is 2.79. The highest BCUT2D eigenvalue weighted by Crippen LogP contribution is 2.17. The van der Waals surface area contributed by atoms with Gasteiger partial charge in [0.15, 0.2) is 0 Å².